The third-order valence-electron chi connectivity index (χ3n) is 3.76. The number of benzene rings is 2. The van der Waals surface area contributed by atoms with E-state index in [1.807, 2.05) is 0 Å². The Kier molecular flexibility index (Phi) is 4.33. The summed E-state index contributed by atoms with van der Waals surface area (Å²) in [5, 5.41) is 12.0. The average Bonchev–Trinajstić information content (AvgIpc) is 2.90. The number of para-hydroxylation sites is 1. The molecule has 0 fully saturated rings. The number of nitrogens with zero attached hydrogens (tertiary/aromatic N) is 1. The fourth-order valence-corrected chi connectivity index (χ4v) is 2.64. The van der Waals surface area contributed by atoms with Gasteiger partial charge in [-0.05, 0) is 37.3 Å². The van der Waals surface area contributed by atoms with Crippen LogP contribution in [0.2, 0.25) is 5.02 Å². The number of anilines is 1. The molecule has 0 saturated carbocycles. The number of oxazole rings is 1. The molecule has 1 amide bonds. The molecule has 1 heterocycles. The zero-order chi connectivity index (χ0) is 18.1. The lowest BCUT2D eigenvalue weighted by molar-refractivity contribution is -0.118. The molecule has 1 atom stereocenters. The van der Waals surface area contributed by atoms with Gasteiger partial charge < -0.3 is 14.8 Å². The molecule has 1 aromatic heterocycles. The Hall–Kier alpha value is -3.06. The normalized spacial score (nSPS) is 12.1. The van der Waals surface area contributed by atoms with E-state index in [4.69, 9.17) is 21.1 Å². The molecule has 3 aromatic rings. The van der Waals surface area contributed by atoms with Crippen LogP contribution in [0.3, 0.4) is 0 Å². The number of carboxylic acid groups (broad SMARTS) is 1. The summed E-state index contributed by atoms with van der Waals surface area (Å²) in [6, 6.07) is 9.86. The van der Waals surface area contributed by atoms with Gasteiger partial charge in [0, 0.05) is 0 Å². The van der Waals surface area contributed by atoms with E-state index in [1.165, 1.54) is 25.1 Å². The number of halogens is 1. The fourth-order valence-electron chi connectivity index (χ4n) is 2.45. The first-order valence-electron chi connectivity index (χ1n) is 7.32. The molecule has 7 nitrogen and oxygen atoms in total. The van der Waals surface area contributed by atoms with E-state index < -0.39 is 23.7 Å². The van der Waals surface area contributed by atoms with Gasteiger partial charge in [0.25, 0.3) is 0 Å². The SMILES string of the molecule is CC(C(=O)Nc1ccccc1Cl)n1c(=O)oc2cc(C(=O)O)ccc21. The highest BCUT2D eigenvalue weighted by molar-refractivity contribution is 6.33. The van der Waals surface area contributed by atoms with Gasteiger partial charge in [0.15, 0.2) is 5.58 Å². The molecule has 128 valence electrons. The van der Waals surface area contributed by atoms with E-state index in [0.717, 1.165) is 4.57 Å². The maximum Gasteiger partial charge on any atom is 0.420 e. The molecule has 1 unspecified atom stereocenters. The van der Waals surface area contributed by atoms with Gasteiger partial charge in [0.2, 0.25) is 5.91 Å². The summed E-state index contributed by atoms with van der Waals surface area (Å²) in [5.41, 5.74) is 0.843. The number of nitrogens with one attached hydrogen (secondary N) is 1. The minimum atomic E-state index is -1.14. The molecule has 25 heavy (non-hydrogen) atoms. The van der Waals surface area contributed by atoms with Crippen LogP contribution in [0.1, 0.15) is 23.3 Å². The largest absolute Gasteiger partial charge is 0.478 e. The maximum atomic E-state index is 12.5. The number of carbonyl (C=O) groups excluding carboxylic acids is 1. The van der Waals surface area contributed by atoms with Crippen LogP contribution in [0.15, 0.2) is 51.7 Å². The molecule has 8 heteroatoms. The van der Waals surface area contributed by atoms with Crippen LogP contribution in [0.5, 0.6) is 0 Å². The summed E-state index contributed by atoms with van der Waals surface area (Å²) in [5.74, 6) is -2.35. The van der Waals surface area contributed by atoms with Crippen LogP contribution in [-0.2, 0) is 4.79 Å². The van der Waals surface area contributed by atoms with E-state index in [1.54, 1.807) is 24.3 Å². The van der Waals surface area contributed by atoms with Gasteiger partial charge in [-0.3, -0.25) is 9.36 Å². The van der Waals surface area contributed by atoms with Crippen LogP contribution in [0.25, 0.3) is 11.1 Å². The van der Waals surface area contributed by atoms with E-state index in [-0.39, 0.29) is 11.1 Å². The second kappa shape index (κ2) is 6.45. The summed E-state index contributed by atoms with van der Waals surface area (Å²) in [6.07, 6.45) is 0. The molecule has 0 bridgehead atoms. The van der Waals surface area contributed by atoms with Gasteiger partial charge in [-0.2, -0.15) is 0 Å². The highest BCUT2D eigenvalue weighted by Gasteiger charge is 2.22. The summed E-state index contributed by atoms with van der Waals surface area (Å²) in [4.78, 5) is 35.6. The van der Waals surface area contributed by atoms with E-state index >= 15 is 0 Å². The molecule has 0 aliphatic carbocycles. The molecule has 2 aromatic carbocycles. The Morgan fingerprint density at radius 3 is 2.64 bits per heavy atom. The van der Waals surface area contributed by atoms with Crippen molar-refractivity contribution in [2.75, 3.05) is 5.32 Å². The van der Waals surface area contributed by atoms with Gasteiger partial charge in [0.05, 0.1) is 21.8 Å². The number of carbonyl (C=O) groups is 2. The number of hydrogen-bond donors (Lipinski definition) is 2. The third kappa shape index (κ3) is 3.14. The highest BCUT2D eigenvalue weighted by atomic mass is 35.5. The lowest BCUT2D eigenvalue weighted by Crippen LogP contribution is -2.29. The van der Waals surface area contributed by atoms with E-state index in [9.17, 15) is 14.4 Å². The van der Waals surface area contributed by atoms with Crippen LogP contribution in [0, 0.1) is 0 Å². The zero-order valence-corrected chi connectivity index (χ0v) is 13.8. The van der Waals surface area contributed by atoms with Crippen molar-refractivity contribution < 1.29 is 19.1 Å². The average molecular weight is 361 g/mol. The van der Waals surface area contributed by atoms with Gasteiger partial charge in [-0.25, -0.2) is 9.59 Å². The quantitative estimate of drug-likeness (QED) is 0.744. The van der Waals surface area contributed by atoms with Crippen molar-refractivity contribution in [1.82, 2.24) is 4.57 Å². The molecule has 3 rings (SSSR count). The topological polar surface area (TPSA) is 102 Å². The summed E-state index contributed by atoms with van der Waals surface area (Å²) < 4.78 is 6.23. The first-order valence-corrected chi connectivity index (χ1v) is 7.70. The zero-order valence-electron chi connectivity index (χ0n) is 13.0. The van der Waals surface area contributed by atoms with Crippen LogP contribution < -0.4 is 11.1 Å². The molecule has 0 aliphatic rings. The fraction of sp³-hybridized carbons (Fsp3) is 0.118. The highest BCUT2D eigenvalue weighted by Crippen LogP contribution is 2.23. The minimum Gasteiger partial charge on any atom is -0.478 e. The molecule has 0 saturated heterocycles. The Morgan fingerprint density at radius 2 is 1.96 bits per heavy atom. The third-order valence-corrected chi connectivity index (χ3v) is 4.09. The smallest absolute Gasteiger partial charge is 0.420 e. The van der Waals surface area contributed by atoms with Crippen LogP contribution >= 0.6 is 11.6 Å². The van der Waals surface area contributed by atoms with Crippen LogP contribution in [-0.4, -0.2) is 21.6 Å². The number of aromatic nitrogens is 1. The Balaban J connectivity index is 1.96. The first-order chi connectivity index (χ1) is 11.9. The number of aromatic carboxylic acids is 1. The Morgan fingerprint density at radius 1 is 1.24 bits per heavy atom. The summed E-state index contributed by atoms with van der Waals surface area (Å²) in [7, 11) is 0. The first kappa shape index (κ1) is 16.8. The molecule has 2 N–H and O–H groups in total. The van der Waals surface area contributed by atoms with Gasteiger partial charge in [-0.15, -0.1) is 0 Å². The Bertz CT molecular complexity index is 1040. The van der Waals surface area contributed by atoms with Crippen molar-refractivity contribution in [3.63, 3.8) is 0 Å². The van der Waals surface area contributed by atoms with Crippen molar-refractivity contribution in [3.05, 3.63) is 63.6 Å². The second-order valence-corrected chi connectivity index (χ2v) is 5.78. The number of hydrogen-bond acceptors (Lipinski definition) is 4. The van der Waals surface area contributed by atoms with Crippen molar-refractivity contribution in [1.29, 1.82) is 0 Å². The van der Waals surface area contributed by atoms with Gasteiger partial charge in [-0.1, -0.05) is 23.7 Å². The molecule has 0 spiro atoms. The molecular formula is C17H13ClN2O5. The minimum absolute atomic E-state index is 0.0124. The molecular weight excluding hydrogens is 348 g/mol. The Labute approximate surface area is 146 Å². The number of fused-ring (bicyclic) bond motifs is 1. The predicted molar refractivity (Wildman–Crippen MR) is 92.2 cm³/mol. The van der Waals surface area contributed by atoms with Crippen molar-refractivity contribution in [2.45, 2.75) is 13.0 Å². The summed E-state index contributed by atoms with van der Waals surface area (Å²) >= 11 is 6.01. The van der Waals surface area contributed by atoms with E-state index in [0.29, 0.717) is 16.2 Å². The van der Waals surface area contributed by atoms with Gasteiger partial charge in [0.1, 0.15) is 6.04 Å². The molecule has 0 aliphatic heterocycles. The van der Waals surface area contributed by atoms with E-state index in [2.05, 4.69) is 5.32 Å². The lowest BCUT2D eigenvalue weighted by Gasteiger charge is -2.14. The van der Waals surface area contributed by atoms with Crippen molar-refractivity contribution in [3.8, 4) is 0 Å². The monoisotopic (exact) mass is 360 g/mol. The maximum absolute atomic E-state index is 12.5. The standard InChI is InChI=1S/C17H13ClN2O5/c1-9(15(21)19-12-5-3-2-4-11(12)18)20-13-7-6-10(16(22)23)8-14(13)25-17(20)24/h2-9H,1H3,(H,19,21)(H,22,23). The van der Waals surface area contributed by atoms with Crippen LogP contribution in [0.4, 0.5) is 5.69 Å². The summed E-state index contributed by atoms with van der Waals surface area (Å²) in [6.45, 7) is 1.54. The number of amides is 1. The molecule has 0 radical (unpaired) electrons. The van der Waals surface area contributed by atoms with Crippen molar-refractivity contribution in [2.24, 2.45) is 0 Å². The predicted octanol–water partition coefficient (Wildman–Crippen LogP) is 3.15. The van der Waals surface area contributed by atoms with Gasteiger partial charge >= 0.3 is 11.7 Å². The van der Waals surface area contributed by atoms with Crippen molar-refractivity contribution >= 4 is 40.3 Å². The number of carboxylic acids is 1. The number of rotatable bonds is 4. The lowest BCUT2D eigenvalue weighted by atomic mass is 10.2. The second-order valence-electron chi connectivity index (χ2n) is 5.37.